The van der Waals surface area contributed by atoms with E-state index in [0.29, 0.717) is 0 Å². The van der Waals surface area contributed by atoms with Gasteiger partial charge in [0.05, 0.1) is 13.6 Å². The molecule has 2 rings (SSSR count). The van der Waals surface area contributed by atoms with E-state index in [2.05, 4.69) is 27.2 Å². The predicted molar refractivity (Wildman–Crippen MR) is 55.9 cm³/mol. The molecule has 0 saturated carbocycles. The van der Waals surface area contributed by atoms with Gasteiger partial charge in [0, 0.05) is 18.6 Å². The topological polar surface area (TPSA) is 72.9 Å². The Labute approximate surface area is 89.4 Å². The van der Waals surface area contributed by atoms with Crippen molar-refractivity contribution >= 4 is 0 Å². The highest BCUT2D eigenvalue weighted by Crippen LogP contribution is 2.23. The predicted octanol–water partition coefficient (Wildman–Crippen LogP) is -0.477. The molecule has 1 aliphatic rings. The number of nitrogens with zero attached hydrogens (tertiary/aromatic N) is 5. The van der Waals surface area contributed by atoms with Crippen LogP contribution in [0.5, 0.6) is 0 Å². The Morgan fingerprint density at radius 1 is 1.47 bits per heavy atom. The van der Waals surface area contributed by atoms with E-state index in [1.54, 1.807) is 7.05 Å². The molecule has 0 atom stereocenters. The minimum absolute atomic E-state index is 0.0248. The van der Waals surface area contributed by atoms with Crippen LogP contribution in [0.2, 0.25) is 0 Å². The van der Waals surface area contributed by atoms with E-state index < -0.39 is 0 Å². The number of aromatic nitrogens is 4. The first-order valence-electron chi connectivity index (χ1n) is 5.35. The number of hydrogen-bond acceptors (Lipinski definition) is 5. The molecule has 0 aliphatic carbocycles. The molecule has 1 aromatic heterocycles. The van der Waals surface area contributed by atoms with E-state index in [9.17, 15) is 0 Å². The summed E-state index contributed by atoms with van der Waals surface area (Å²) >= 11 is 0. The normalized spacial score (nSPS) is 20.2. The highest BCUT2D eigenvalue weighted by molar-refractivity contribution is 5.00. The zero-order chi connectivity index (χ0) is 10.9. The van der Waals surface area contributed by atoms with E-state index in [1.807, 2.05) is 0 Å². The van der Waals surface area contributed by atoms with Gasteiger partial charge in [-0.2, -0.15) is 4.80 Å². The van der Waals surface area contributed by atoms with Gasteiger partial charge in [0.15, 0.2) is 5.82 Å². The number of nitrogens with two attached hydrogens (primary N) is 1. The van der Waals surface area contributed by atoms with Crippen LogP contribution in [0.4, 0.5) is 0 Å². The van der Waals surface area contributed by atoms with Gasteiger partial charge in [-0.05, 0) is 11.6 Å². The average molecular weight is 210 g/mol. The maximum Gasteiger partial charge on any atom is 0.188 e. The Morgan fingerprint density at radius 3 is 2.73 bits per heavy atom. The summed E-state index contributed by atoms with van der Waals surface area (Å²) in [5.41, 5.74) is 6.18. The van der Waals surface area contributed by atoms with Crippen LogP contribution in [0.3, 0.4) is 0 Å². The summed E-state index contributed by atoms with van der Waals surface area (Å²) in [6, 6.07) is 0. The van der Waals surface area contributed by atoms with E-state index >= 15 is 0 Å². The summed E-state index contributed by atoms with van der Waals surface area (Å²) < 4.78 is 0. The summed E-state index contributed by atoms with van der Waals surface area (Å²) in [5, 5.41) is 11.9. The SMILES string of the molecule is CCCC1(N)CN(Cc2nnn(C)n2)C1. The molecular formula is C9H18N6. The van der Waals surface area contributed by atoms with Gasteiger partial charge in [0.2, 0.25) is 0 Å². The van der Waals surface area contributed by atoms with Crippen LogP contribution in [0.25, 0.3) is 0 Å². The number of tetrazole rings is 1. The van der Waals surface area contributed by atoms with Gasteiger partial charge in [0.1, 0.15) is 0 Å². The minimum Gasteiger partial charge on any atom is -0.323 e. The molecule has 84 valence electrons. The van der Waals surface area contributed by atoms with Crippen LogP contribution in [-0.4, -0.2) is 43.7 Å². The quantitative estimate of drug-likeness (QED) is 0.727. The van der Waals surface area contributed by atoms with Crippen molar-refractivity contribution in [3.8, 4) is 0 Å². The third-order valence-electron chi connectivity index (χ3n) is 2.74. The fraction of sp³-hybridized carbons (Fsp3) is 0.889. The van der Waals surface area contributed by atoms with Crippen molar-refractivity contribution in [2.24, 2.45) is 12.8 Å². The van der Waals surface area contributed by atoms with Crippen molar-refractivity contribution < 1.29 is 0 Å². The van der Waals surface area contributed by atoms with Crippen LogP contribution < -0.4 is 5.73 Å². The standard InChI is InChI=1S/C9H18N6/c1-3-4-9(10)6-15(7-9)5-8-11-13-14(2)12-8/h3-7,10H2,1-2H3. The lowest BCUT2D eigenvalue weighted by Crippen LogP contribution is -2.66. The average Bonchev–Trinajstić information content (AvgIpc) is 2.49. The second-order valence-corrected chi connectivity index (χ2v) is 4.45. The first kappa shape index (κ1) is 10.5. The maximum atomic E-state index is 6.16. The Hall–Kier alpha value is -1.01. The summed E-state index contributed by atoms with van der Waals surface area (Å²) in [4.78, 5) is 3.74. The monoisotopic (exact) mass is 210 g/mol. The van der Waals surface area contributed by atoms with Gasteiger partial charge < -0.3 is 5.73 Å². The molecule has 2 N–H and O–H groups in total. The largest absolute Gasteiger partial charge is 0.323 e. The maximum absolute atomic E-state index is 6.16. The van der Waals surface area contributed by atoms with Crippen molar-refractivity contribution in [3.63, 3.8) is 0 Å². The van der Waals surface area contributed by atoms with Crippen molar-refractivity contribution in [3.05, 3.63) is 5.82 Å². The van der Waals surface area contributed by atoms with E-state index in [0.717, 1.165) is 38.3 Å². The van der Waals surface area contributed by atoms with E-state index in [-0.39, 0.29) is 5.54 Å². The zero-order valence-corrected chi connectivity index (χ0v) is 9.35. The number of aryl methyl sites for hydroxylation is 1. The smallest absolute Gasteiger partial charge is 0.188 e. The second kappa shape index (κ2) is 3.86. The van der Waals surface area contributed by atoms with Crippen molar-refractivity contribution in [2.45, 2.75) is 31.8 Å². The fourth-order valence-electron chi connectivity index (χ4n) is 2.20. The van der Waals surface area contributed by atoms with Crippen LogP contribution in [-0.2, 0) is 13.6 Å². The van der Waals surface area contributed by atoms with Crippen LogP contribution in [0.15, 0.2) is 0 Å². The van der Waals surface area contributed by atoms with Crippen molar-refractivity contribution in [2.75, 3.05) is 13.1 Å². The third-order valence-corrected chi connectivity index (χ3v) is 2.74. The van der Waals surface area contributed by atoms with Gasteiger partial charge in [0.25, 0.3) is 0 Å². The van der Waals surface area contributed by atoms with Gasteiger partial charge in [-0.25, -0.2) is 0 Å². The lowest BCUT2D eigenvalue weighted by atomic mass is 9.86. The number of likely N-dealkylation sites (tertiary alicyclic amines) is 1. The molecule has 0 bridgehead atoms. The van der Waals surface area contributed by atoms with Gasteiger partial charge >= 0.3 is 0 Å². The lowest BCUT2D eigenvalue weighted by molar-refractivity contribution is 0.0543. The number of hydrogen-bond donors (Lipinski definition) is 1. The fourth-order valence-corrected chi connectivity index (χ4v) is 2.20. The third kappa shape index (κ3) is 2.32. The molecule has 1 saturated heterocycles. The summed E-state index contributed by atoms with van der Waals surface area (Å²) in [6.07, 6.45) is 2.24. The van der Waals surface area contributed by atoms with Gasteiger partial charge in [-0.1, -0.05) is 13.3 Å². The Kier molecular flexibility index (Phi) is 2.70. The van der Waals surface area contributed by atoms with E-state index in [1.165, 1.54) is 4.80 Å². The molecule has 0 amide bonds. The molecule has 1 fully saturated rings. The lowest BCUT2D eigenvalue weighted by Gasteiger charge is -2.47. The van der Waals surface area contributed by atoms with Crippen LogP contribution in [0.1, 0.15) is 25.6 Å². The van der Waals surface area contributed by atoms with Crippen LogP contribution >= 0.6 is 0 Å². The summed E-state index contributed by atoms with van der Waals surface area (Å²) in [6.45, 7) is 4.82. The number of rotatable bonds is 4. The molecular weight excluding hydrogens is 192 g/mol. The molecule has 6 heteroatoms. The van der Waals surface area contributed by atoms with E-state index in [4.69, 9.17) is 5.73 Å². The summed E-state index contributed by atoms with van der Waals surface area (Å²) in [5.74, 6) is 0.774. The first-order chi connectivity index (χ1) is 7.11. The first-order valence-corrected chi connectivity index (χ1v) is 5.35. The minimum atomic E-state index is 0.0248. The molecule has 15 heavy (non-hydrogen) atoms. The Balaban J connectivity index is 1.80. The highest BCUT2D eigenvalue weighted by Gasteiger charge is 2.38. The van der Waals surface area contributed by atoms with Gasteiger partial charge in [-0.15, -0.1) is 10.2 Å². The highest BCUT2D eigenvalue weighted by atomic mass is 15.6. The second-order valence-electron chi connectivity index (χ2n) is 4.45. The van der Waals surface area contributed by atoms with Crippen molar-refractivity contribution in [1.29, 1.82) is 0 Å². The Bertz CT molecular complexity index is 327. The molecule has 6 nitrogen and oxygen atoms in total. The molecule has 2 heterocycles. The zero-order valence-electron chi connectivity index (χ0n) is 9.35. The van der Waals surface area contributed by atoms with Crippen LogP contribution in [0, 0.1) is 0 Å². The van der Waals surface area contributed by atoms with Crippen molar-refractivity contribution in [1.82, 2.24) is 25.1 Å². The molecule has 0 aromatic carbocycles. The molecule has 0 spiro atoms. The molecule has 0 radical (unpaired) electrons. The molecule has 1 aliphatic heterocycles. The summed E-state index contributed by atoms with van der Waals surface area (Å²) in [7, 11) is 1.77. The Morgan fingerprint density at radius 2 is 2.20 bits per heavy atom. The molecule has 1 aromatic rings. The molecule has 0 unspecified atom stereocenters. The van der Waals surface area contributed by atoms with Gasteiger partial charge in [-0.3, -0.25) is 4.90 Å².